The van der Waals surface area contributed by atoms with E-state index in [1.807, 2.05) is 53.6 Å². The van der Waals surface area contributed by atoms with Gasteiger partial charge in [0.25, 0.3) is 11.8 Å². The molecule has 5 aliphatic heterocycles. The molecule has 103 heavy (non-hydrogen) atoms. The van der Waals surface area contributed by atoms with Crippen LogP contribution in [0.5, 0.6) is 23.0 Å². The highest BCUT2D eigenvalue weighted by Crippen LogP contribution is 2.58. The van der Waals surface area contributed by atoms with E-state index in [0.717, 1.165) is 54.7 Å². The van der Waals surface area contributed by atoms with Crippen molar-refractivity contribution >= 4 is 87.7 Å². The molecule has 5 aromatic carbocycles. The summed E-state index contributed by atoms with van der Waals surface area (Å²) in [5.74, 6) is 3.48. The first-order chi connectivity index (χ1) is 49.6. The third-order valence-electron chi connectivity index (χ3n) is 21.2. The molecular formula is C78H90N10O15. The van der Waals surface area contributed by atoms with E-state index in [1.165, 1.54) is 13.2 Å². The van der Waals surface area contributed by atoms with Crippen LogP contribution in [0.4, 0.5) is 21.9 Å². The molecule has 0 unspecified atom stereocenters. The predicted molar refractivity (Wildman–Crippen MR) is 384 cm³/mol. The molecule has 5 atom stereocenters. The number of ether oxygens (including phenoxy) is 5. The van der Waals surface area contributed by atoms with Gasteiger partial charge in [0.05, 0.1) is 92.5 Å². The molecule has 2 saturated carbocycles. The minimum atomic E-state index is -1.46. The van der Waals surface area contributed by atoms with Gasteiger partial charge in [0.15, 0.2) is 40.8 Å². The summed E-state index contributed by atoms with van der Waals surface area (Å²) in [6.07, 6.45) is 6.21. The first-order valence-corrected chi connectivity index (χ1v) is 35.6. The van der Waals surface area contributed by atoms with Gasteiger partial charge in [-0.05, 0) is 116 Å². The van der Waals surface area contributed by atoms with Crippen LogP contribution >= 0.6 is 0 Å². The summed E-state index contributed by atoms with van der Waals surface area (Å²) < 4.78 is 29.8. The number of para-hydroxylation sites is 1. The second-order valence-electron chi connectivity index (χ2n) is 28.6. The fourth-order valence-electron chi connectivity index (χ4n) is 14.8. The Bertz CT molecular complexity index is 4240. The van der Waals surface area contributed by atoms with Crippen molar-refractivity contribution in [1.29, 1.82) is 0 Å². The zero-order valence-corrected chi connectivity index (χ0v) is 59.2. The minimum Gasteiger partial charge on any atom is -0.493 e. The zero-order valence-electron chi connectivity index (χ0n) is 59.2. The van der Waals surface area contributed by atoms with Crippen LogP contribution in [-0.2, 0) is 53.1 Å². The Morgan fingerprint density at radius 2 is 1.32 bits per heavy atom. The molecule has 5 heterocycles. The molecule has 25 nitrogen and oxygen atoms in total. The normalized spacial score (nSPS) is 19.9. The molecule has 542 valence electrons. The number of carbonyl (C=O) groups excluding carboxylic acids is 9. The second kappa shape index (κ2) is 31.1. The molecule has 2 aliphatic carbocycles. The number of nitrogens with zero attached hydrogens (tertiary/aromatic N) is 7. The van der Waals surface area contributed by atoms with Gasteiger partial charge in [0.2, 0.25) is 17.7 Å². The Hall–Kier alpha value is -10.3. The fraction of sp³-hybridized carbons (Fsp3) is 0.462. The lowest BCUT2D eigenvalue weighted by molar-refractivity contribution is -0.133. The number of unbranched alkanes of at least 4 members (excludes halogenated alkanes) is 2. The van der Waals surface area contributed by atoms with Crippen LogP contribution in [0.3, 0.4) is 0 Å². The van der Waals surface area contributed by atoms with Crippen molar-refractivity contribution in [2.45, 2.75) is 155 Å². The van der Waals surface area contributed by atoms with Crippen LogP contribution in [0.2, 0.25) is 0 Å². The predicted octanol–water partition coefficient (Wildman–Crippen LogP) is 8.93. The number of amides is 6. The molecule has 0 aromatic heterocycles. The number of benzene rings is 5. The maximum atomic E-state index is 14.5. The number of ketones is 3. The Labute approximate surface area is 598 Å². The summed E-state index contributed by atoms with van der Waals surface area (Å²) in [4.78, 5) is 139. The van der Waals surface area contributed by atoms with E-state index in [1.54, 1.807) is 93.3 Å². The highest BCUT2D eigenvalue weighted by atomic mass is 16.6. The smallest absolute Gasteiger partial charge is 0.416 e. The number of hydrogen-bond acceptors (Lipinski definition) is 19. The van der Waals surface area contributed by atoms with Crippen LogP contribution in [0.15, 0.2) is 112 Å². The number of rotatable bonds is 28. The number of fused-ring (bicyclic) bond motifs is 6. The van der Waals surface area contributed by atoms with Gasteiger partial charge in [-0.15, -0.1) is 0 Å². The Kier molecular flexibility index (Phi) is 21.9. The Morgan fingerprint density at radius 3 is 2.00 bits per heavy atom. The van der Waals surface area contributed by atoms with E-state index in [2.05, 4.69) is 20.7 Å². The van der Waals surface area contributed by atoms with Gasteiger partial charge in [0.1, 0.15) is 18.1 Å². The van der Waals surface area contributed by atoms with Crippen LogP contribution in [0, 0.1) is 22.7 Å². The summed E-state index contributed by atoms with van der Waals surface area (Å²) >= 11 is 0. The van der Waals surface area contributed by atoms with Crippen molar-refractivity contribution in [3.63, 3.8) is 0 Å². The zero-order chi connectivity index (χ0) is 72.9. The van der Waals surface area contributed by atoms with Gasteiger partial charge in [-0.1, -0.05) is 80.6 Å². The number of Topliss-reactive ketones (excluding diaryl/α,β-unsaturated/α-hetero) is 3. The monoisotopic (exact) mass is 1410 g/mol. The number of aliphatic hydroxyl groups is 1. The summed E-state index contributed by atoms with van der Waals surface area (Å²) in [7, 11) is 4.64. The average molecular weight is 1410 g/mol. The van der Waals surface area contributed by atoms with Crippen LogP contribution in [0.25, 0.3) is 0 Å². The van der Waals surface area contributed by atoms with Crippen molar-refractivity contribution in [3.8, 4) is 23.0 Å². The summed E-state index contributed by atoms with van der Waals surface area (Å²) in [6.45, 7) is 6.52. The van der Waals surface area contributed by atoms with Gasteiger partial charge in [-0.3, -0.25) is 48.3 Å². The lowest BCUT2D eigenvalue weighted by atomic mass is 9.89. The summed E-state index contributed by atoms with van der Waals surface area (Å²) in [5, 5.41) is 21.6. The molecule has 12 rings (SSSR count). The molecule has 0 bridgehead atoms. The lowest BCUT2D eigenvalue weighted by Crippen LogP contribution is -2.50. The first kappa shape index (κ1) is 72.5. The van der Waals surface area contributed by atoms with Gasteiger partial charge in [-0.2, -0.15) is 5.10 Å². The first-order valence-electron chi connectivity index (χ1n) is 35.6. The Morgan fingerprint density at radius 1 is 0.689 bits per heavy atom. The van der Waals surface area contributed by atoms with Gasteiger partial charge in [-0.25, -0.2) is 9.69 Å². The number of nitrogens with two attached hydrogens (primary N) is 1. The molecule has 2 saturated heterocycles. The largest absolute Gasteiger partial charge is 0.493 e. The molecule has 5 aromatic rings. The van der Waals surface area contributed by atoms with Gasteiger partial charge < -0.3 is 60.0 Å². The van der Waals surface area contributed by atoms with E-state index in [4.69, 9.17) is 34.5 Å². The maximum absolute atomic E-state index is 14.5. The van der Waals surface area contributed by atoms with Gasteiger partial charge in [0, 0.05) is 94.1 Å². The Balaban J connectivity index is 0.590. The van der Waals surface area contributed by atoms with E-state index in [9.17, 15) is 48.3 Å². The number of nitrogens with one attached hydrogen (secondary N) is 2. The number of hydrogen-bond donors (Lipinski definition) is 4. The highest BCUT2D eigenvalue weighted by Gasteiger charge is 2.58. The van der Waals surface area contributed by atoms with Crippen molar-refractivity contribution in [2.24, 2.45) is 43.6 Å². The fourth-order valence-corrected chi connectivity index (χ4v) is 14.8. The standard InChI is InChI=1S/C78H90N10O15/c1-46(2)56(33-53(90)41-82-68(92)24-22-52(89)23-25-69(93)85-42-50-14-8-9-15-54(50)71(84-79)70(80-4)55-16-10-11-17-60(55)85)72(94)83-47(3)63(91)32-48-18-20-49(21-19-48)43-103-76(98)88-61-37-67(65(100-6)35-58(61)74(96)87-45-78(28-29-78)39-62(87)75(88)97)102-31-13-7-12-30-101-66-36-59-57(34-64(66)99-5)73(95)86-44-77(26-27-77)38-51(86)40-81-59/h8-11,14-21,34-37,40,46-47,51,56,62,75,97H,7,12-13,22-33,38-39,41-45,79H2,1-6H3,(H,82,92)(H,83,94)/t47-,51-,56-,62-,75+/m0/s1. The van der Waals surface area contributed by atoms with E-state index in [0.29, 0.717) is 95.4 Å². The minimum absolute atomic E-state index is 0.0143. The topological polar surface area (TPSA) is 320 Å². The molecule has 2 spiro atoms. The summed E-state index contributed by atoms with van der Waals surface area (Å²) in [6, 6.07) is 26.5. The number of methoxy groups -OCH3 is 2. The third kappa shape index (κ3) is 16.0. The van der Waals surface area contributed by atoms with Crippen molar-refractivity contribution in [2.75, 3.05) is 63.9 Å². The molecular weight excluding hydrogens is 1320 g/mol. The molecule has 25 heteroatoms. The average Bonchev–Trinajstić information content (AvgIpc) is 1.58. The number of carbonyl (C=O) groups is 9. The van der Waals surface area contributed by atoms with Gasteiger partial charge >= 0.3 is 6.09 Å². The van der Waals surface area contributed by atoms with E-state index in [-0.39, 0.29) is 140 Å². The quantitative estimate of drug-likeness (QED) is 0.0206. The number of aliphatic imine (C=N–C) groups is 2. The SMILES string of the molecule is CN=C1C(=NN)c2ccccc2CN(C(=O)CCC(=O)CCC(=O)NCC(=O)C[C@H](C(=O)N[C@@H](C)C(=O)Cc2ccc(COC(=O)N3c4cc(OCCCCCOc5cc6c(cc5OC)C(=O)N5CC7(CC7)C[C@H]5C=N6)c(OC)cc4C(=O)N4CC5(CC5)C[C@H]4[C@H]3O)cc2)C(C)C)c2ccccc21. The molecule has 4 fully saturated rings. The van der Waals surface area contributed by atoms with E-state index < -0.39 is 47.9 Å². The number of aliphatic hydroxyl groups excluding tert-OH is 1. The van der Waals surface area contributed by atoms with Crippen LogP contribution in [-0.4, -0.2) is 164 Å². The molecule has 5 N–H and O–H groups in total. The molecule has 6 amide bonds. The van der Waals surface area contributed by atoms with E-state index >= 15 is 0 Å². The lowest BCUT2D eigenvalue weighted by Gasteiger charge is -2.31. The van der Waals surface area contributed by atoms with Crippen molar-refractivity contribution < 1.29 is 71.9 Å². The second-order valence-corrected chi connectivity index (χ2v) is 28.6. The highest BCUT2D eigenvalue weighted by molar-refractivity contribution is 6.55. The maximum Gasteiger partial charge on any atom is 0.416 e. The molecule has 0 radical (unpaired) electrons. The van der Waals surface area contributed by atoms with Crippen molar-refractivity contribution in [1.82, 2.24) is 20.4 Å². The van der Waals surface area contributed by atoms with Crippen LogP contribution < -0.4 is 45.2 Å². The summed E-state index contributed by atoms with van der Waals surface area (Å²) in [5.41, 5.74) is 6.39. The number of hydrazone groups is 1. The van der Waals surface area contributed by atoms with Crippen molar-refractivity contribution in [3.05, 3.63) is 136 Å². The number of anilines is 2. The molecule has 7 aliphatic rings. The van der Waals surface area contributed by atoms with Crippen LogP contribution in [0.1, 0.15) is 159 Å². The third-order valence-corrected chi connectivity index (χ3v) is 21.2.